The first-order valence-electron chi connectivity index (χ1n) is 10.8. The average molecular weight is 351 g/mol. The summed E-state index contributed by atoms with van der Waals surface area (Å²) in [5.41, 5.74) is 0. The van der Waals surface area contributed by atoms with Crippen LogP contribution in [0, 0.1) is 0 Å². The lowest BCUT2D eigenvalue weighted by molar-refractivity contribution is -0.137. The van der Waals surface area contributed by atoms with Gasteiger partial charge in [0, 0.05) is 6.42 Å². The molecule has 0 bridgehead atoms. The zero-order valence-electron chi connectivity index (χ0n) is 16.7. The molecule has 0 atom stereocenters. The molecule has 0 saturated heterocycles. The Hall–Kier alpha value is -1.05. The quantitative estimate of drug-likeness (QED) is 0.190. The highest BCUT2D eigenvalue weighted by Crippen LogP contribution is 2.10. The van der Waals surface area contributed by atoms with E-state index in [4.69, 9.17) is 5.11 Å². The van der Waals surface area contributed by atoms with Crippen LogP contribution in [0.2, 0.25) is 0 Å². The predicted octanol–water partition coefficient (Wildman–Crippen LogP) is 7.84. The van der Waals surface area contributed by atoms with Gasteiger partial charge in [0.1, 0.15) is 0 Å². The fourth-order valence-corrected chi connectivity index (χ4v) is 2.97. The van der Waals surface area contributed by atoms with E-state index in [1.54, 1.807) is 0 Å². The lowest BCUT2D eigenvalue weighted by Gasteiger charge is -2.00. The maximum atomic E-state index is 10.4. The van der Waals surface area contributed by atoms with Crippen molar-refractivity contribution in [1.82, 2.24) is 0 Å². The summed E-state index contributed by atoms with van der Waals surface area (Å²) in [7, 11) is 0. The summed E-state index contributed by atoms with van der Waals surface area (Å²) in [5.74, 6) is -0.663. The zero-order chi connectivity index (χ0) is 18.4. The van der Waals surface area contributed by atoms with Gasteiger partial charge in [-0.05, 0) is 38.5 Å². The van der Waals surface area contributed by atoms with Crippen LogP contribution >= 0.6 is 0 Å². The van der Waals surface area contributed by atoms with Crippen molar-refractivity contribution >= 4 is 5.97 Å². The number of aliphatic carboxylic acids is 1. The second-order valence-electron chi connectivity index (χ2n) is 7.14. The summed E-state index contributed by atoms with van der Waals surface area (Å²) in [6, 6.07) is 0. The van der Waals surface area contributed by atoms with E-state index in [9.17, 15) is 4.79 Å². The molecule has 2 heteroatoms. The van der Waals surface area contributed by atoms with Crippen molar-refractivity contribution in [2.24, 2.45) is 0 Å². The number of hydrogen-bond acceptors (Lipinski definition) is 1. The van der Waals surface area contributed by atoms with Crippen LogP contribution < -0.4 is 0 Å². The summed E-state index contributed by atoms with van der Waals surface area (Å²) in [5, 5.41) is 8.55. The second-order valence-corrected chi connectivity index (χ2v) is 7.14. The highest BCUT2D eigenvalue weighted by molar-refractivity contribution is 5.66. The second kappa shape index (κ2) is 21.0. The van der Waals surface area contributed by atoms with E-state index >= 15 is 0 Å². The normalized spacial score (nSPS) is 11.7. The molecule has 0 heterocycles. The topological polar surface area (TPSA) is 37.3 Å². The Balaban J connectivity index is 3.17. The number of carbonyl (C=O) groups is 1. The fourth-order valence-electron chi connectivity index (χ4n) is 2.97. The van der Waals surface area contributed by atoms with Gasteiger partial charge in [0.05, 0.1) is 0 Å². The summed E-state index contributed by atoms with van der Waals surface area (Å²) >= 11 is 0. The minimum atomic E-state index is -0.663. The summed E-state index contributed by atoms with van der Waals surface area (Å²) < 4.78 is 0. The first-order chi connectivity index (χ1) is 12.3. The van der Waals surface area contributed by atoms with E-state index in [1.165, 1.54) is 83.5 Å². The third-order valence-corrected chi connectivity index (χ3v) is 4.59. The summed E-state index contributed by atoms with van der Waals surface area (Å²) in [6.07, 6.45) is 29.6. The maximum absolute atomic E-state index is 10.4. The smallest absolute Gasteiger partial charge is 0.303 e. The molecule has 0 fully saturated rings. The van der Waals surface area contributed by atoms with Crippen molar-refractivity contribution in [3.05, 3.63) is 24.3 Å². The van der Waals surface area contributed by atoms with E-state index in [1.807, 2.05) is 0 Å². The molecule has 2 nitrogen and oxygen atoms in total. The molecule has 146 valence electrons. The molecular weight excluding hydrogens is 308 g/mol. The lowest BCUT2D eigenvalue weighted by Crippen LogP contribution is -1.93. The molecular formula is C23H42O2. The Kier molecular flexibility index (Phi) is 20.1. The Bertz CT molecular complexity index is 331. The van der Waals surface area contributed by atoms with Crippen molar-refractivity contribution in [2.75, 3.05) is 0 Å². The Morgan fingerprint density at radius 2 is 1.08 bits per heavy atom. The van der Waals surface area contributed by atoms with Gasteiger partial charge >= 0.3 is 5.97 Å². The van der Waals surface area contributed by atoms with Crippen molar-refractivity contribution < 1.29 is 9.90 Å². The van der Waals surface area contributed by atoms with Crippen molar-refractivity contribution in [2.45, 2.75) is 116 Å². The number of rotatable bonds is 19. The SMILES string of the molecule is CCCCCCCCC=CCC=CCCCCCCCCCC(=O)O. The van der Waals surface area contributed by atoms with E-state index in [0.29, 0.717) is 6.42 Å². The van der Waals surface area contributed by atoms with Crippen LogP contribution in [0.15, 0.2) is 24.3 Å². The molecule has 0 aromatic carbocycles. The molecule has 0 unspecified atom stereocenters. The van der Waals surface area contributed by atoms with Gasteiger partial charge in [0.2, 0.25) is 0 Å². The van der Waals surface area contributed by atoms with Gasteiger partial charge in [0.25, 0.3) is 0 Å². The van der Waals surface area contributed by atoms with Crippen molar-refractivity contribution in [3.8, 4) is 0 Å². The average Bonchev–Trinajstić information content (AvgIpc) is 2.60. The first-order valence-corrected chi connectivity index (χ1v) is 10.8. The molecule has 0 aromatic heterocycles. The predicted molar refractivity (Wildman–Crippen MR) is 110 cm³/mol. The Labute approximate surface area is 156 Å². The third kappa shape index (κ3) is 22.9. The third-order valence-electron chi connectivity index (χ3n) is 4.59. The highest BCUT2D eigenvalue weighted by Gasteiger charge is 1.96. The largest absolute Gasteiger partial charge is 0.481 e. The molecule has 25 heavy (non-hydrogen) atoms. The first kappa shape index (κ1) is 23.9. The van der Waals surface area contributed by atoms with Gasteiger partial charge in [0.15, 0.2) is 0 Å². The van der Waals surface area contributed by atoms with Gasteiger partial charge in [-0.1, -0.05) is 95.4 Å². The van der Waals surface area contributed by atoms with Gasteiger partial charge < -0.3 is 5.11 Å². The van der Waals surface area contributed by atoms with Crippen molar-refractivity contribution in [3.63, 3.8) is 0 Å². The Morgan fingerprint density at radius 3 is 1.56 bits per heavy atom. The zero-order valence-corrected chi connectivity index (χ0v) is 16.7. The number of unbranched alkanes of at least 4 members (excludes halogenated alkanes) is 13. The highest BCUT2D eigenvalue weighted by atomic mass is 16.4. The van der Waals surface area contributed by atoms with Crippen molar-refractivity contribution in [1.29, 1.82) is 0 Å². The van der Waals surface area contributed by atoms with Crippen LogP contribution in [0.25, 0.3) is 0 Å². The van der Waals surface area contributed by atoms with Crippen LogP contribution in [-0.2, 0) is 4.79 Å². The molecule has 0 amide bonds. The van der Waals surface area contributed by atoms with Gasteiger partial charge in [-0.2, -0.15) is 0 Å². The molecule has 0 aliphatic heterocycles. The van der Waals surface area contributed by atoms with Gasteiger partial charge in [-0.15, -0.1) is 0 Å². The summed E-state index contributed by atoms with van der Waals surface area (Å²) in [6.45, 7) is 2.27. The molecule has 0 radical (unpaired) electrons. The molecule has 0 spiro atoms. The van der Waals surface area contributed by atoms with Crippen LogP contribution in [0.5, 0.6) is 0 Å². The van der Waals surface area contributed by atoms with Crippen LogP contribution in [-0.4, -0.2) is 11.1 Å². The number of hydrogen-bond donors (Lipinski definition) is 1. The lowest BCUT2D eigenvalue weighted by atomic mass is 10.1. The maximum Gasteiger partial charge on any atom is 0.303 e. The van der Waals surface area contributed by atoms with Crippen LogP contribution in [0.4, 0.5) is 0 Å². The molecule has 0 rings (SSSR count). The molecule has 1 N–H and O–H groups in total. The van der Waals surface area contributed by atoms with E-state index in [0.717, 1.165) is 19.3 Å². The number of allylic oxidation sites excluding steroid dienone is 4. The standard InChI is InChI=1S/C23H42O2/c1-2-3-4-5-6-7-8-9-10-11-12-13-14-15-16-17-18-19-20-21-22-23(24)25/h9-10,12-13H,2-8,11,14-22H2,1H3,(H,24,25). The minimum absolute atomic E-state index is 0.332. The minimum Gasteiger partial charge on any atom is -0.481 e. The number of carboxylic acids is 1. The Morgan fingerprint density at radius 1 is 0.640 bits per heavy atom. The molecule has 0 aromatic rings. The van der Waals surface area contributed by atoms with Crippen LogP contribution in [0.1, 0.15) is 116 Å². The van der Waals surface area contributed by atoms with Crippen LogP contribution in [0.3, 0.4) is 0 Å². The molecule has 0 saturated carbocycles. The van der Waals surface area contributed by atoms with Gasteiger partial charge in [-0.3, -0.25) is 4.79 Å². The van der Waals surface area contributed by atoms with E-state index < -0.39 is 5.97 Å². The van der Waals surface area contributed by atoms with Gasteiger partial charge in [-0.25, -0.2) is 0 Å². The summed E-state index contributed by atoms with van der Waals surface area (Å²) in [4.78, 5) is 10.4. The number of carboxylic acid groups (broad SMARTS) is 1. The molecule has 0 aliphatic carbocycles. The van der Waals surface area contributed by atoms with E-state index in [-0.39, 0.29) is 0 Å². The monoisotopic (exact) mass is 350 g/mol. The fraction of sp³-hybridized carbons (Fsp3) is 0.783. The molecule has 0 aliphatic rings. The van der Waals surface area contributed by atoms with E-state index in [2.05, 4.69) is 31.2 Å².